The Morgan fingerprint density at radius 1 is 0.917 bits per heavy atom. The number of benzene rings is 3. The first-order chi connectivity index (χ1) is 28.4. The quantitative estimate of drug-likeness (QED) is 0.0886. The number of fused-ring (bicyclic) bond motifs is 3. The molecule has 0 radical (unpaired) electrons. The summed E-state index contributed by atoms with van der Waals surface area (Å²) >= 11 is 0. The number of carbonyl (C=O) groups excluding carboxylic acids is 8. The average molecular weight is 826 g/mol. The Balaban J connectivity index is 1.18. The van der Waals surface area contributed by atoms with Crippen LogP contribution < -0.4 is 16.0 Å². The number of esters is 1. The molecule has 0 heterocycles. The molecular weight excluding hydrogens is 778 g/mol. The zero-order valence-corrected chi connectivity index (χ0v) is 33.8. The highest BCUT2D eigenvalue weighted by atomic mass is 16.7. The lowest BCUT2D eigenvalue weighted by Crippen LogP contribution is -2.74. The van der Waals surface area contributed by atoms with Crippen LogP contribution in [0.1, 0.15) is 46.0 Å². The molecule has 6 atom stereocenters. The van der Waals surface area contributed by atoms with E-state index in [2.05, 4.69) is 5.32 Å². The molecule has 0 bridgehead atoms. The number of rotatable bonds is 12. The summed E-state index contributed by atoms with van der Waals surface area (Å²) in [5.74, 6) is -13.7. The number of phenolic OH excluding ortho intramolecular Hbond substituents is 1. The first-order valence-corrected chi connectivity index (χ1v) is 19.4. The van der Waals surface area contributed by atoms with Crippen molar-refractivity contribution in [2.75, 3.05) is 58.3 Å². The second-order valence-electron chi connectivity index (χ2n) is 15.7. The van der Waals surface area contributed by atoms with Crippen molar-refractivity contribution in [3.8, 4) is 16.9 Å². The van der Waals surface area contributed by atoms with Crippen LogP contribution in [-0.4, -0.2) is 127 Å². The molecule has 2 saturated carbocycles. The lowest BCUT2D eigenvalue weighted by atomic mass is 9.52. The molecular formula is C43H47N5O12. The molecule has 2 fully saturated rings. The van der Waals surface area contributed by atoms with Gasteiger partial charge in [0, 0.05) is 32.2 Å². The first-order valence-electron chi connectivity index (χ1n) is 19.4. The molecule has 17 nitrogen and oxygen atoms in total. The van der Waals surface area contributed by atoms with E-state index in [4.69, 9.17) is 15.2 Å². The highest BCUT2D eigenvalue weighted by molar-refractivity contribution is 6.32. The molecule has 3 aromatic carbocycles. The number of nitrogens with zero attached hydrogens (tertiary/aromatic N) is 3. The number of nitrogens with one attached hydrogen (secondary N) is 1. The van der Waals surface area contributed by atoms with E-state index in [-0.39, 0.29) is 36.2 Å². The minimum atomic E-state index is -2.90. The molecule has 60 heavy (non-hydrogen) atoms. The number of phenols is 1. The van der Waals surface area contributed by atoms with Crippen molar-refractivity contribution in [1.82, 2.24) is 9.80 Å². The lowest BCUT2D eigenvalue weighted by Gasteiger charge is -2.52. The molecule has 0 aliphatic heterocycles. The molecule has 316 valence electrons. The van der Waals surface area contributed by atoms with Crippen molar-refractivity contribution < 1.29 is 58.0 Å². The molecule has 0 saturated heterocycles. The molecule has 3 amide bonds. The zero-order valence-electron chi connectivity index (χ0n) is 33.8. The number of anilines is 2. The number of hydrogen-bond donors (Lipinski definition) is 4. The summed E-state index contributed by atoms with van der Waals surface area (Å²) in [5.41, 5.74) is 4.78. The third-order valence-corrected chi connectivity index (χ3v) is 11.5. The van der Waals surface area contributed by atoms with E-state index in [1.165, 1.54) is 25.1 Å². The van der Waals surface area contributed by atoms with Crippen LogP contribution >= 0.6 is 0 Å². The van der Waals surface area contributed by atoms with Crippen LogP contribution in [0.2, 0.25) is 0 Å². The maximum atomic E-state index is 14.4. The van der Waals surface area contributed by atoms with Crippen molar-refractivity contribution in [3.63, 3.8) is 0 Å². The van der Waals surface area contributed by atoms with Crippen LogP contribution in [0.3, 0.4) is 0 Å². The Morgan fingerprint density at radius 2 is 1.57 bits per heavy atom. The van der Waals surface area contributed by atoms with Crippen LogP contribution in [0, 0.1) is 23.7 Å². The number of primary amides is 1. The molecule has 3 aliphatic carbocycles. The minimum Gasteiger partial charge on any atom is -0.505 e. The smallest absolute Gasteiger partial charge is 0.413 e. The van der Waals surface area contributed by atoms with Crippen LogP contribution in [0.25, 0.3) is 11.1 Å². The van der Waals surface area contributed by atoms with Crippen molar-refractivity contribution >= 4 is 58.4 Å². The number of ketones is 4. The van der Waals surface area contributed by atoms with Crippen LogP contribution in [0.5, 0.6) is 5.75 Å². The maximum absolute atomic E-state index is 14.4. The second kappa shape index (κ2) is 17.0. The van der Waals surface area contributed by atoms with Crippen molar-refractivity contribution in [2.24, 2.45) is 29.4 Å². The number of amides is 3. The average Bonchev–Trinajstić information content (AvgIpc) is 3.20. The summed E-state index contributed by atoms with van der Waals surface area (Å²) in [6, 6.07) is 16.4. The summed E-state index contributed by atoms with van der Waals surface area (Å²) in [6.45, 7) is 0.504. The van der Waals surface area contributed by atoms with Gasteiger partial charge in [0.05, 0.1) is 28.8 Å². The Morgan fingerprint density at radius 3 is 2.17 bits per heavy atom. The number of ether oxygens (including phenoxy) is 2. The van der Waals surface area contributed by atoms with E-state index in [1.807, 2.05) is 30.3 Å². The third kappa shape index (κ3) is 7.73. The molecule has 3 aliphatic rings. The molecule has 0 spiro atoms. The van der Waals surface area contributed by atoms with E-state index in [0.717, 1.165) is 16.0 Å². The Hall–Kier alpha value is -6.46. The number of aromatic hydroxyl groups is 1. The van der Waals surface area contributed by atoms with Gasteiger partial charge in [0.15, 0.2) is 34.7 Å². The monoisotopic (exact) mass is 825 g/mol. The second-order valence-corrected chi connectivity index (χ2v) is 15.7. The van der Waals surface area contributed by atoms with Gasteiger partial charge in [-0.3, -0.25) is 38.6 Å². The van der Waals surface area contributed by atoms with Gasteiger partial charge >= 0.3 is 12.1 Å². The summed E-state index contributed by atoms with van der Waals surface area (Å²) < 4.78 is 10.3. The van der Waals surface area contributed by atoms with Crippen molar-refractivity contribution in [2.45, 2.75) is 37.8 Å². The number of nitrogens with two attached hydrogens (primary N) is 1. The van der Waals surface area contributed by atoms with E-state index in [0.29, 0.717) is 17.7 Å². The highest BCUT2D eigenvalue weighted by Gasteiger charge is 2.69. The fourth-order valence-electron chi connectivity index (χ4n) is 8.75. The van der Waals surface area contributed by atoms with Crippen molar-refractivity contribution in [3.05, 3.63) is 77.4 Å². The predicted octanol–water partition coefficient (Wildman–Crippen LogP) is 2.20. The van der Waals surface area contributed by atoms with Crippen molar-refractivity contribution in [1.29, 1.82) is 0 Å². The van der Waals surface area contributed by atoms with Gasteiger partial charge in [-0.05, 0) is 74.2 Å². The van der Waals surface area contributed by atoms with Gasteiger partial charge in [-0.1, -0.05) is 49.4 Å². The number of hydrogen-bond acceptors (Lipinski definition) is 14. The number of Topliss-reactive ketones (excluding diaryl/α,β-unsaturated/α-hetero) is 4. The minimum absolute atomic E-state index is 0.0147. The van der Waals surface area contributed by atoms with Gasteiger partial charge in [0.25, 0.3) is 0 Å². The fraction of sp³-hybridized carbons (Fsp3) is 0.395. The SMILES string of the molecule is CCCN(CC(=O)Nc1cc(N(C)C)c2c(c1O)C(=O)C1C(=O)[C@]3(O)C(=O)C(C(N)=O)C(=O)[C@@H](N(C)C)[C@@H]3C[C@@H]1C2)C(=O)OCOC(=O)c1ccc(-c2ccccc2)cc1. The van der Waals surface area contributed by atoms with Gasteiger partial charge in [0.2, 0.25) is 18.6 Å². The Kier molecular flexibility index (Phi) is 12.2. The van der Waals surface area contributed by atoms with Gasteiger partial charge in [0.1, 0.15) is 12.3 Å². The molecule has 0 aromatic heterocycles. The van der Waals surface area contributed by atoms with Gasteiger partial charge < -0.3 is 35.6 Å². The van der Waals surface area contributed by atoms with E-state index in [9.17, 15) is 48.6 Å². The summed E-state index contributed by atoms with van der Waals surface area (Å²) in [5, 5.41) is 26.0. The Labute approximate surface area is 345 Å². The molecule has 17 heteroatoms. The summed E-state index contributed by atoms with van der Waals surface area (Å²) in [4.78, 5) is 111. The molecule has 2 unspecified atom stereocenters. The fourth-order valence-corrected chi connectivity index (χ4v) is 8.75. The third-order valence-electron chi connectivity index (χ3n) is 11.5. The molecule has 6 rings (SSSR count). The number of carbonyl (C=O) groups is 8. The first kappa shape index (κ1) is 43.1. The number of likely N-dealkylation sites (N-methyl/N-ethyl adjacent to an activating group) is 1. The number of aliphatic hydroxyl groups is 1. The van der Waals surface area contributed by atoms with E-state index in [1.54, 1.807) is 50.2 Å². The van der Waals surface area contributed by atoms with Crippen LogP contribution in [0.4, 0.5) is 16.2 Å². The van der Waals surface area contributed by atoms with Gasteiger partial charge in [-0.15, -0.1) is 0 Å². The van der Waals surface area contributed by atoms with Crippen LogP contribution in [0.15, 0.2) is 60.7 Å². The Bertz CT molecular complexity index is 2260. The zero-order chi connectivity index (χ0) is 43.8. The lowest BCUT2D eigenvalue weighted by molar-refractivity contribution is -0.181. The summed E-state index contributed by atoms with van der Waals surface area (Å²) in [7, 11) is 6.33. The summed E-state index contributed by atoms with van der Waals surface area (Å²) in [6.07, 6.45) is -0.665. The molecule has 5 N–H and O–H groups in total. The van der Waals surface area contributed by atoms with Crippen LogP contribution in [-0.2, 0) is 39.9 Å². The van der Waals surface area contributed by atoms with E-state index >= 15 is 0 Å². The molecule has 3 aromatic rings. The van der Waals surface area contributed by atoms with E-state index < -0.39 is 101 Å². The normalized spacial score (nSPS) is 23.2. The standard InChI is InChI=1S/C43H47N5O12/c1-6-16-48(42(57)60-21-59-41(56)24-14-12-23(13-15-24)22-10-8-7-9-11-22)20-30(49)45-28-19-29(46(2)3)26-17-25-18-27-34(47(4)5)37(52)33(40(44)55)39(54)43(27,58)38(53)31(25)36(51)32(26)35(28)50/h7-15,19,25,27,31,33-34,50,58H,6,16-18,20-21H2,1-5H3,(H2,44,55)(H,45,49)/t25-,27-,31?,33?,34-,43-/m0/s1. The van der Waals surface area contributed by atoms with Gasteiger partial charge in [-0.2, -0.15) is 0 Å². The topological polar surface area (TPSA) is 243 Å². The van der Waals surface area contributed by atoms with Gasteiger partial charge in [-0.25, -0.2) is 9.59 Å². The largest absolute Gasteiger partial charge is 0.505 e. The maximum Gasteiger partial charge on any atom is 0.413 e. The highest BCUT2D eigenvalue weighted by Crippen LogP contribution is 2.52. The predicted molar refractivity (Wildman–Crippen MR) is 215 cm³/mol.